The molecule has 0 aromatic heterocycles. The standard InChI is InChI=1S/C22H27N3O3/c1-3-4-12-25-21(14-8-7-9-15(13-14)28-2)18-19(23-24-20(18)22(25)27)16-10-5-6-11-17(16)26/h5-11,13,18-21,23-24,26H,3-4,12H2,1-2H3. The molecule has 4 rings (SSSR count). The van der Waals surface area contributed by atoms with Crippen LogP contribution in [0.25, 0.3) is 0 Å². The summed E-state index contributed by atoms with van der Waals surface area (Å²) >= 11 is 0. The van der Waals surface area contributed by atoms with Gasteiger partial charge in [0, 0.05) is 18.0 Å². The number of rotatable bonds is 6. The van der Waals surface area contributed by atoms with E-state index >= 15 is 0 Å². The SMILES string of the molecule is CCCCN1C(=O)C2NNC(c3ccccc3O)C2C1c1cccc(OC)c1. The number of hydrazine groups is 1. The fraction of sp³-hybridized carbons (Fsp3) is 0.409. The molecule has 0 radical (unpaired) electrons. The Hall–Kier alpha value is -2.57. The first-order chi connectivity index (χ1) is 13.7. The van der Waals surface area contributed by atoms with E-state index < -0.39 is 0 Å². The fourth-order valence-corrected chi connectivity index (χ4v) is 4.52. The Morgan fingerprint density at radius 3 is 2.64 bits per heavy atom. The molecule has 0 aliphatic carbocycles. The van der Waals surface area contributed by atoms with Crippen LogP contribution in [0.3, 0.4) is 0 Å². The molecule has 2 aliphatic rings. The molecule has 0 saturated carbocycles. The summed E-state index contributed by atoms with van der Waals surface area (Å²) in [6.45, 7) is 2.85. The van der Waals surface area contributed by atoms with Gasteiger partial charge in [-0.1, -0.05) is 43.7 Å². The monoisotopic (exact) mass is 381 g/mol. The van der Waals surface area contributed by atoms with Crippen LogP contribution >= 0.6 is 0 Å². The number of phenolic OH excluding ortho intramolecular Hbond substituents is 1. The number of likely N-dealkylation sites (tertiary alicyclic amines) is 1. The van der Waals surface area contributed by atoms with Crippen molar-refractivity contribution >= 4 is 5.91 Å². The van der Waals surface area contributed by atoms with Crippen molar-refractivity contribution in [3.63, 3.8) is 0 Å². The number of unbranched alkanes of at least 4 members (excludes halogenated alkanes) is 1. The summed E-state index contributed by atoms with van der Waals surface area (Å²) in [5.74, 6) is 1.09. The highest BCUT2D eigenvalue weighted by molar-refractivity contribution is 5.86. The molecule has 4 unspecified atom stereocenters. The third kappa shape index (κ3) is 3.12. The number of amides is 1. The highest BCUT2D eigenvalue weighted by atomic mass is 16.5. The normalized spacial score (nSPS) is 26.5. The van der Waals surface area contributed by atoms with Crippen LogP contribution in [0.5, 0.6) is 11.5 Å². The number of nitrogens with one attached hydrogen (secondary N) is 2. The number of fused-ring (bicyclic) bond motifs is 1. The number of ether oxygens (including phenoxy) is 1. The number of nitrogens with zero attached hydrogens (tertiary/aromatic N) is 1. The summed E-state index contributed by atoms with van der Waals surface area (Å²) in [5, 5.41) is 10.4. The Balaban J connectivity index is 1.77. The number of benzene rings is 2. The second kappa shape index (κ2) is 7.81. The van der Waals surface area contributed by atoms with Crippen LogP contribution in [0.15, 0.2) is 48.5 Å². The lowest BCUT2D eigenvalue weighted by atomic mass is 9.83. The van der Waals surface area contributed by atoms with Gasteiger partial charge in [0.15, 0.2) is 0 Å². The van der Waals surface area contributed by atoms with E-state index in [0.717, 1.165) is 36.3 Å². The Morgan fingerprint density at radius 2 is 1.89 bits per heavy atom. The van der Waals surface area contributed by atoms with Gasteiger partial charge in [0.25, 0.3) is 0 Å². The second-order valence-corrected chi connectivity index (χ2v) is 7.49. The van der Waals surface area contributed by atoms with Gasteiger partial charge in [-0.25, -0.2) is 10.9 Å². The van der Waals surface area contributed by atoms with Crippen LogP contribution in [0.1, 0.15) is 43.0 Å². The molecule has 2 fully saturated rings. The minimum atomic E-state index is -0.322. The number of methoxy groups -OCH3 is 1. The number of hydrogen-bond acceptors (Lipinski definition) is 5. The van der Waals surface area contributed by atoms with Crippen molar-refractivity contribution in [3.05, 3.63) is 59.7 Å². The number of aromatic hydroxyl groups is 1. The van der Waals surface area contributed by atoms with Crippen LogP contribution in [0.4, 0.5) is 0 Å². The van der Waals surface area contributed by atoms with Gasteiger partial charge in [-0.05, 0) is 30.2 Å². The summed E-state index contributed by atoms with van der Waals surface area (Å²) in [6, 6.07) is 14.7. The van der Waals surface area contributed by atoms with Gasteiger partial charge in [0.1, 0.15) is 17.5 Å². The van der Waals surface area contributed by atoms with Gasteiger partial charge < -0.3 is 14.7 Å². The molecule has 2 aliphatic heterocycles. The molecule has 2 aromatic rings. The quantitative estimate of drug-likeness (QED) is 0.718. The predicted octanol–water partition coefficient (Wildman–Crippen LogP) is 2.92. The van der Waals surface area contributed by atoms with Crippen molar-refractivity contribution in [1.29, 1.82) is 0 Å². The number of carbonyl (C=O) groups is 1. The first-order valence-electron chi connectivity index (χ1n) is 9.89. The maximum atomic E-state index is 13.2. The lowest BCUT2D eigenvalue weighted by Gasteiger charge is -2.31. The molecule has 6 nitrogen and oxygen atoms in total. The maximum absolute atomic E-state index is 13.2. The summed E-state index contributed by atoms with van der Waals surface area (Å²) in [5.41, 5.74) is 8.32. The van der Waals surface area contributed by atoms with E-state index in [9.17, 15) is 9.90 Å². The zero-order valence-corrected chi connectivity index (χ0v) is 16.3. The molecule has 3 N–H and O–H groups in total. The predicted molar refractivity (Wildman–Crippen MR) is 107 cm³/mol. The third-order valence-electron chi connectivity index (χ3n) is 5.87. The first-order valence-corrected chi connectivity index (χ1v) is 9.89. The molecule has 6 heteroatoms. The van der Waals surface area contributed by atoms with Crippen LogP contribution in [-0.2, 0) is 4.79 Å². The second-order valence-electron chi connectivity index (χ2n) is 7.49. The zero-order chi connectivity index (χ0) is 19.7. The molecule has 148 valence electrons. The maximum Gasteiger partial charge on any atom is 0.242 e. The number of para-hydroxylation sites is 1. The van der Waals surface area contributed by atoms with Crippen LogP contribution in [0.2, 0.25) is 0 Å². The van der Waals surface area contributed by atoms with E-state index in [4.69, 9.17) is 4.74 Å². The van der Waals surface area contributed by atoms with Crippen molar-refractivity contribution in [1.82, 2.24) is 15.8 Å². The van der Waals surface area contributed by atoms with Gasteiger partial charge in [-0.15, -0.1) is 0 Å². The Bertz CT molecular complexity index is 856. The Morgan fingerprint density at radius 1 is 1.11 bits per heavy atom. The summed E-state index contributed by atoms with van der Waals surface area (Å²) in [6.07, 6.45) is 1.98. The molecule has 0 spiro atoms. The van der Waals surface area contributed by atoms with Crippen LogP contribution in [-0.4, -0.2) is 35.6 Å². The lowest BCUT2D eigenvalue weighted by Crippen LogP contribution is -2.41. The molecule has 2 heterocycles. The fourth-order valence-electron chi connectivity index (χ4n) is 4.52. The van der Waals surface area contributed by atoms with E-state index in [2.05, 4.69) is 23.8 Å². The molecule has 2 saturated heterocycles. The van der Waals surface area contributed by atoms with E-state index in [-0.39, 0.29) is 35.7 Å². The highest BCUT2D eigenvalue weighted by Gasteiger charge is 2.55. The van der Waals surface area contributed by atoms with Crippen LogP contribution < -0.4 is 15.6 Å². The number of carbonyl (C=O) groups excluding carboxylic acids is 1. The average molecular weight is 381 g/mol. The van der Waals surface area contributed by atoms with Crippen LogP contribution in [0, 0.1) is 5.92 Å². The third-order valence-corrected chi connectivity index (χ3v) is 5.87. The van der Waals surface area contributed by atoms with Crippen molar-refractivity contribution in [2.24, 2.45) is 5.92 Å². The van der Waals surface area contributed by atoms with Crippen molar-refractivity contribution in [2.75, 3.05) is 13.7 Å². The molecule has 0 bridgehead atoms. The topological polar surface area (TPSA) is 73.8 Å². The minimum absolute atomic E-state index is 0.0373. The number of phenols is 1. The van der Waals surface area contributed by atoms with Gasteiger partial charge in [0.2, 0.25) is 5.91 Å². The Kier molecular flexibility index (Phi) is 5.24. The van der Waals surface area contributed by atoms with Gasteiger partial charge in [-0.3, -0.25) is 4.79 Å². The molecule has 1 amide bonds. The lowest BCUT2D eigenvalue weighted by molar-refractivity contribution is -0.130. The Labute approximate surface area is 165 Å². The average Bonchev–Trinajstić information content (AvgIpc) is 3.26. The van der Waals surface area contributed by atoms with Gasteiger partial charge in [-0.2, -0.15) is 0 Å². The van der Waals surface area contributed by atoms with Crippen molar-refractivity contribution < 1.29 is 14.6 Å². The van der Waals surface area contributed by atoms with E-state index in [1.165, 1.54) is 0 Å². The highest BCUT2D eigenvalue weighted by Crippen LogP contribution is 2.48. The minimum Gasteiger partial charge on any atom is -0.508 e. The zero-order valence-electron chi connectivity index (χ0n) is 16.3. The van der Waals surface area contributed by atoms with Gasteiger partial charge >= 0.3 is 0 Å². The summed E-state index contributed by atoms with van der Waals surface area (Å²) in [4.78, 5) is 15.2. The summed E-state index contributed by atoms with van der Waals surface area (Å²) < 4.78 is 5.42. The molecule has 4 atom stereocenters. The smallest absolute Gasteiger partial charge is 0.242 e. The molecular weight excluding hydrogens is 354 g/mol. The first kappa shape index (κ1) is 18.8. The summed E-state index contributed by atoms with van der Waals surface area (Å²) in [7, 11) is 1.65. The van der Waals surface area contributed by atoms with Crippen molar-refractivity contribution in [3.8, 4) is 11.5 Å². The molecule has 2 aromatic carbocycles. The van der Waals surface area contributed by atoms with E-state index in [0.29, 0.717) is 0 Å². The van der Waals surface area contributed by atoms with E-state index in [1.807, 2.05) is 41.3 Å². The molecule has 28 heavy (non-hydrogen) atoms. The largest absolute Gasteiger partial charge is 0.508 e. The van der Waals surface area contributed by atoms with Crippen molar-refractivity contribution in [2.45, 2.75) is 37.9 Å². The number of hydrogen-bond donors (Lipinski definition) is 3. The van der Waals surface area contributed by atoms with E-state index in [1.54, 1.807) is 13.2 Å². The van der Waals surface area contributed by atoms with Gasteiger partial charge in [0.05, 0.1) is 19.2 Å². The molecular formula is C22H27N3O3.